The van der Waals surface area contributed by atoms with E-state index in [4.69, 9.17) is 0 Å². The van der Waals surface area contributed by atoms with Crippen LogP contribution in [0.15, 0.2) is 35.3 Å². The summed E-state index contributed by atoms with van der Waals surface area (Å²) in [5.41, 5.74) is 2.76. The number of benzene rings is 1. The number of fused-ring (bicyclic) bond motifs is 1. The zero-order chi connectivity index (χ0) is 22.2. The number of nitrogens with one attached hydrogen (secondary N) is 1. The van der Waals surface area contributed by atoms with Gasteiger partial charge in [0, 0.05) is 5.39 Å². The van der Waals surface area contributed by atoms with E-state index in [2.05, 4.69) is 15.5 Å². The van der Waals surface area contributed by atoms with Gasteiger partial charge >= 0.3 is 0 Å². The van der Waals surface area contributed by atoms with Crippen molar-refractivity contribution in [3.63, 3.8) is 0 Å². The molecule has 0 aliphatic heterocycles. The molecule has 1 aromatic carbocycles. The molecule has 7 heteroatoms. The van der Waals surface area contributed by atoms with E-state index < -0.39 is 0 Å². The van der Waals surface area contributed by atoms with Crippen LogP contribution >= 0.6 is 0 Å². The average Bonchev–Trinajstić information content (AvgIpc) is 3.10. The van der Waals surface area contributed by atoms with Crippen LogP contribution in [0.5, 0.6) is 0 Å². The predicted octanol–water partition coefficient (Wildman–Crippen LogP) is 3.66. The number of nitrogens with zero attached hydrogens (tertiary/aromatic N) is 4. The van der Waals surface area contributed by atoms with Crippen molar-refractivity contribution in [2.24, 2.45) is 0 Å². The highest BCUT2D eigenvalue weighted by molar-refractivity contribution is 5.81. The molecular weight excluding hydrogens is 378 g/mol. The van der Waals surface area contributed by atoms with Gasteiger partial charge < -0.3 is 5.32 Å². The number of hydrogen-bond acceptors (Lipinski definition) is 4. The molecule has 3 rings (SSSR count). The molecule has 30 heavy (non-hydrogen) atoms. The third kappa shape index (κ3) is 4.30. The van der Waals surface area contributed by atoms with E-state index in [0.717, 1.165) is 22.2 Å². The molecule has 0 aliphatic rings. The van der Waals surface area contributed by atoms with Crippen molar-refractivity contribution in [3.05, 3.63) is 57.6 Å². The highest BCUT2D eigenvalue weighted by Gasteiger charge is 2.24. The van der Waals surface area contributed by atoms with Crippen molar-refractivity contribution < 1.29 is 4.79 Å². The Labute approximate surface area is 177 Å². The van der Waals surface area contributed by atoms with Crippen LogP contribution in [-0.2, 0) is 16.9 Å². The molecule has 0 bridgehead atoms. The van der Waals surface area contributed by atoms with Crippen molar-refractivity contribution in [1.82, 2.24) is 24.9 Å². The number of amides is 1. The number of carbonyl (C=O) groups is 1. The molecule has 1 amide bonds. The van der Waals surface area contributed by atoms with E-state index in [0.29, 0.717) is 5.52 Å². The van der Waals surface area contributed by atoms with Crippen LogP contribution in [0.3, 0.4) is 0 Å². The fourth-order valence-electron chi connectivity index (χ4n) is 3.50. The number of aryl methyl sites for hydroxylation is 1. The molecule has 1 N–H and O–H groups in total. The summed E-state index contributed by atoms with van der Waals surface area (Å²) >= 11 is 0. The Bertz CT molecular complexity index is 1120. The summed E-state index contributed by atoms with van der Waals surface area (Å²) in [5.74, 6) is -0.167. The summed E-state index contributed by atoms with van der Waals surface area (Å²) in [6, 6.07) is 7.86. The summed E-state index contributed by atoms with van der Waals surface area (Å²) in [6.07, 6.45) is 1.70. The Hall–Kier alpha value is -2.96. The van der Waals surface area contributed by atoms with E-state index in [1.54, 1.807) is 10.9 Å². The van der Waals surface area contributed by atoms with Gasteiger partial charge in [-0.25, -0.2) is 4.68 Å². The van der Waals surface area contributed by atoms with E-state index in [9.17, 15) is 9.59 Å². The second-order valence-corrected chi connectivity index (χ2v) is 9.19. The number of aromatic nitrogens is 4. The van der Waals surface area contributed by atoms with Crippen LogP contribution in [0.25, 0.3) is 10.9 Å². The monoisotopic (exact) mass is 409 g/mol. The van der Waals surface area contributed by atoms with Gasteiger partial charge in [0.25, 0.3) is 5.56 Å². The second kappa shape index (κ2) is 8.05. The Kier molecular flexibility index (Phi) is 5.83. The fourth-order valence-corrected chi connectivity index (χ4v) is 3.50. The Balaban J connectivity index is 1.95. The van der Waals surface area contributed by atoms with Crippen molar-refractivity contribution in [1.29, 1.82) is 0 Å². The van der Waals surface area contributed by atoms with Gasteiger partial charge in [-0.05, 0) is 46.1 Å². The summed E-state index contributed by atoms with van der Waals surface area (Å²) in [4.78, 5) is 25.9. The minimum Gasteiger partial charge on any atom is -0.348 e. The van der Waals surface area contributed by atoms with Gasteiger partial charge in [0.2, 0.25) is 5.91 Å². The first-order valence-corrected chi connectivity index (χ1v) is 10.3. The molecule has 0 fully saturated rings. The normalized spacial score (nSPS) is 13.1. The van der Waals surface area contributed by atoms with Crippen molar-refractivity contribution in [3.8, 4) is 0 Å². The highest BCUT2D eigenvalue weighted by Crippen LogP contribution is 2.24. The minimum atomic E-state index is -0.365. The first kappa shape index (κ1) is 21.7. The molecule has 2 heterocycles. The summed E-state index contributed by atoms with van der Waals surface area (Å²) in [5, 5.41) is 12.7. The zero-order valence-electron chi connectivity index (χ0n) is 18.9. The average molecular weight is 410 g/mol. The lowest BCUT2D eigenvalue weighted by Gasteiger charge is -2.21. The molecule has 1 unspecified atom stereocenters. The van der Waals surface area contributed by atoms with E-state index in [1.165, 1.54) is 4.68 Å². The van der Waals surface area contributed by atoms with Crippen LogP contribution in [0.4, 0.5) is 0 Å². The fraction of sp³-hybridized carbons (Fsp3) is 0.478. The Morgan fingerprint density at radius 2 is 1.77 bits per heavy atom. The van der Waals surface area contributed by atoms with Gasteiger partial charge in [0.05, 0.1) is 23.5 Å². The van der Waals surface area contributed by atoms with E-state index >= 15 is 0 Å². The maximum Gasteiger partial charge on any atom is 0.293 e. The molecule has 0 spiro atoms. The minimum absolute atomic E-state index is 0.0894. The van der Waals surface area contributed by atoms with Crippen LogP contribution in [0, 0.1) is 6.92 Å². The molecule has 2 aromatic heterocycles. The quantitative estimate of drug-likeness (QED) is 0.697. The van der Waals surface area contributed by atoms with Crippen LogP contribution in [0.2, 0.25) is 0 Å². The molecule has 0 aliphatic carbocycles. The molecule has 0 radical (unpaired) electrons. The third-order valence-corrected chi connectivity index (χ3v) is 5.14. The number of rotatable bonds is 5. The maximum absolute atomic E-state index is 13.2. The molecule has 0 saturated heterocycles. The smallest absolute Gasteiger partial charge is 0.293 e. The van der Waals surface area contributed by atoms with Gasteiger partial charge in [0.15, 0.2) is 0 Å². The second-order valence-electron chi connectivity index (χ2n) is 9.19. The van der Waals surface area contributed by atoms with Gasteiger partial charge in [0.1, 0.15) is 12.1 Å². The summed E-state index contributed by atoms with van der Waals surface area (Å²) in [6.45, 7) is 13.8. The standard InChI is InChI=1S/C23H31N5O2/c1-14(2)20-18-12-24-28(23(5,6)7)21(18)22(30)27(26-20)13-19(29)25-16(4)17-10-8-15(3)9-11-17/h8-12,14,16H,13H2,1-7H3,(H,25,29). The van der Waals surface area contributed by atoms with Gasteiger partial charge in [-0.1, -0.05) is 43.7 Å². The van der Waals surface area contributed by atoms with Crippen LogP contribution in [-0.4, -0.2) is 25.5 Å². The Morgan fingerprint density at radius 1 is 1.13 bits per heavy atom. The van der Waals surface area contributed by atoms with Gasteiger partial charge in [-0.3, -0.25) is 14.3 Å². The van der Waals surface area contributed by atoms with E-state index in [-0.39, 0.29) is 35.5 Å². The summed E-state index contributed by atoms with van der Waals surface area (Å²) < 4.78 is 2.99. The number of carbonyl (C=O) groups excluding carboxylic acids is 1. The van der Waals surface area contributed by atoms with E-state index in [1.807, 2.05) is 72.7 Å². The Morgan fingerprint density at radius 3 is 2.33 bits per heavy atom. The summed E-state index contributed by atoms with van der Waals surface area (Å²) in [7, 11) is 0. The lowest BCUT2D eigenvalue weighted by Crippen LogP contribution is -2.37. The van der Waals surface area contributed by atoms with Crippen molar-refractivity contribution in [2.45, 2.75) is 72.5 Å². The first-order chi connectivity index (χ1) is 14.0. The molecule has 160 valence electrons. The van der Waals surface area contributed by atoms with Gasteiger partial charge in [-0.15, -0.1) is 0 Å². The number of hydrogen-bond donors (Lipinski definition) is 1. The predicted molar refractivity (Wildman–Crippen MR) is 119 cm³/mol. The van der Waals surface area contributed by atoms with Crippen LogP contribution in [0.1, 0.15) is 70.3 Å². The SMILES string of the molecule is Cc1ccc(C(C)NC(=O)Cn2nc(C(C)C)c3cnn(C(C)(C)C)c3c2=O)cc1. The zero-order valence-corrected chi connectivity index (χ0v) is 18.9. The van der Waals surface area contributed by atoms with Crippen molar-refractivity contribution in [2.75, 3.05) is 0 Å². The van der Waals surface area contributed by atoms with Gasteiger partial charge in [-0.2, -0.15) is 10.2 Å². The highest BCUT2D eigenvalue weighted by atomic mass is 16.2. The molecule has 0 saturated carbocycles. The molecule has 1 atom stereocenters. The largest absolute Gasteiger partial charge is 0.348 e. The topological polar surface area (TPSA) is 81.8 Å². The lowest BCUT2D eigenvalue weighted by molar-refractivity contribution is -0.122. The molecule has 3 aromatic rings. The first-order valence-electron chi connectivity index (χ1n) is 10.3. The molecular formula is C23H31N5O2. The van der Waals surface area contributed by atoms with Crippen LogP contribution < -0.4 is 10.9 Å². The lowest BCUT2D eigenvalue weighted by atomic mass is 10.1. The third-order valence-electron chi connectivity index (χ3n) is 5.14. The van der Waals surface area contributed by atoms with Crippen molar-refractivity contribution >= 4 is 16.8 Å². The molecule has 7 nitrogen and oxygen atoms in total. The maximum atomic E-state index is 13.2.